The first-order valence-electron chi connectivity index (χ1n) is 11.0. The number of carbonyl (C=O) groups excluding carboxylic acids is 2. The minimum atomic E-state index is -0.410. The summed E-state index contributed by atoms with van der Waals surface area (Å²) in [5, 5.41) is 5.42. The number of likely N-dealkylation sites (tertiary alicyclic amines) is 1. The van der Waals surface area contributed by atoms with Gasteiger partial charge in [-0.3, -0.25) is 9.69 Å². The van der Waals surface area contributed by atoms with Crippen LogP contribution in [0.4, 0.5) is 5.00 Å². The van der Waals surface area contributed by atoms with E-state index in [-0.39, 0.29) is 12.5 Å². The fourth-order valence-corrected chi connectivity index (χ4v) is 5.02. The molecule has 0 saturated carbocycles. The monoisotopic (exact) mass is 443 g/mol. The van der Waals surface area contributed by atoms with E-state index in [0.717, 1.165) is 37.1 Å². The minimum absolute atomic E-state index is 0.110. The number of rotatable bonds is 8. The number of hydrogen-bond donors (Lipinski definition) is 1. The summed E-state index contributed by atoms with van der Waals surface area (Å²) in [6, 6.07) is 10.7. The smallest absolute Gasteiger partial charge is 0.341 e. The number of ether oxygens (including phenoxy) is 1. The second kappa shape index (κ2) is 10.9. The van der Waals surface area contributed by atoms with Gasteiger partial charge >= 0.3 is 5.97 Å². The zero-order chi connectivity index (χ0) is 22.4. The number of nitrogens with zero attached hydrogens (tertiary/aromatic N) is 2. The highest BCUT2D eigenvalue weighted by Gasteiger charge is 2.26. The second-order valence-electron chi connectivity index (χ2n) is 8.26. The largest absolute Gasteiger partial charge is 0.462 e. The Bertz CT molecular complexity index is 873. The SMILES string of the molecule is CCOC(=O)c1c(-c2ccccc2)csc1NC(=O)CN(C)C1CCN(C(C)C)CC1. The van der Waals surface area contributed by atoms with Crippen LogP contribution in [-0.4, -0.2) is 67.0 Å². The van der Waals surface area contributed by atoms with Crippen LogP contribution in [0.3, 0.4) is 0 Å². The first-order chi connectivity index (χ1) is 14.9. The summed E-state index contributed by atoms with van der Waals surface area (Å²) >= 11 is 1.36. The van der Waals surface area contributed by atoms with Gasteiger partial charge in [0.15, 0.2) is 0 Å². The van der Waals surface area contributed by atoms with Gasteiger partial charge in [0.05, 0.1) is 13.2 Å². The highest BCUT2D eigenvalue weighted by atomic mass is 32.1. The van der Waals surface area contributed by atoms with Crippen LogP contribution in [0.25, 0.3) is 11.1 Å². The van der Waals surface area contributed by atoms with Gasteiger partial charge in [-0.1, -0.05) is 30.3 Å². The molecular formula is C24H33N3O3S. The van der Waals surface area contributed by atoms with Crippen LogP contribution in [0.5, 0.6) is 0 Å². The number of esters is 1. The lowest BCUT2D eigenvalue weighted by atomic mass is 10.0. The number of benzene rings is 1. The number of likely N-dealkylation sites (N-methyl/N-ethyl adjacent to an activating group) is 1. The Morgan fingerprint density at radius 3 is 2.52 bits per heavy atom. The van der Waals surface area contributed by atoms with Crippen molar-refractivity contribution >= 4 is 28.2 Å². The molecule has 1 saturated heterocycles. The summed E-state index contributed by atoms with van der Waals surface area (Å²) in [6.45, 7) is 8.94. The van der Waals surface area contributed by atoms with Gasteiger partial charge in [-0.2, -0.15) is 0 Å². The maximum atomic E-state index is 12.8. The maximum Gasteiger partial charge on any atom is 0.341 e. The fraction of sp³-hybridized carbons (Fsp3) is 0.500. The summed E-state index contributed by atoms with van der Waals surface area (Å²) < 4.78 is 5.28. The molecule has 0 bridgehead atoms. The minimum Gasteiger partial charge on any atom is -0.462 e. The molecule has 1 N–H and O–H groups in total. The van der Waals surface area contributed by atoms with E-state index >= 15 is 0 Å². The molecule has 0 spiro atoms. The fourth-order valence-electron chi connectivity index (χ4n) is 4.05. The molecule has 2 aromatic rings. The molecule has 6 nitrogen and oxygen atoms in total. The average molecular weight is 444 g/mol. The highest BCUT2D eigenvalue weighted by molar-refractivity contribution is 7.15. The Morgan fingerprint density at radius 2 is 1.90 bits per heavy atom. The van der Waals surface area contributed by atoms with Crippen molar-refractivity contribution in [2.75, 3.05) is 38.6 Å². The van der Waals surface area contributed by atoms with E-state index in [1.165, 1.54) is 11.3 Å². The van der Waals surface area contributed by atoms with Gasteiger partial charge in [0, 0.05) is 23.0 Å². The van der Waals surface area contributed by atoms with E-state index < -0.39 is 5.97 Å². The predicted molar refractivity (Wildman–Crippen MR) is 127 cm³/mol. The molecule has 3 rings (SSSR count). The van der Waals surface area contributed by atoms with Gasteiger partial charge in [-0.15, -0.1) is 11.3 Å². The van der Waals surface area contributed by atoms with Crippen LogP contribution in [0.2, 0.25) is 0 Å². The first kappa shape index (κ1) is 23.4. The summed E-state index contributed by atoms with van der Waals surface area (Å²) in [4.78, 5) is 30.1. The van der Waals surface area contributed by atoms with Crippen molar-refractivity contribution in [2.45, 2.75) is 45.7 Å². The molecule has 168 valence electrons. The van der Waals surface area contributed by atoms with Crippen LogP contribution in [0, 0.1) is 0 Å². The number of amides is 1. The van der Waals surface area contributed by atoms with Crippen molar-refractivity contribution in [3.8, 4) is 11.1 Å². The van der Waals surface area contributed by atoms with Crippen LogP contribution >= 0.6 is 11.3 Å². The quantitative estimate of drug-likeness (QED) is 0.615. The number of anilines is 1. The first-order valence-corrected chi connectivity index (χ1v) is 11.9. The summed E-state index contributed by atoms with van der Waals surface area (Å²) in [5.74, 6) is -0.520. The van der Waals surface area contributed by atoms with Gasteiger partial charge in [-0.25, -0.2) is 4.79 Å². The molecule has 0 aliphatic carbocycles. The van der Waals surface area contributed by atoms with Crippen molar-refractivity contribution in [3.05, 3.63) is 41.3 Å². The molecule has 0 atom stereocenters. The van der Waals surface area contributed by atoms with Crippen molar-refractivity contribution < 1.29 is 14.3 Å². The third kappa shape index (κ3) is 5.93. The molecule has 1 aliphatic rings. The number of thiophene rings is 1. The van der Waals surface area contributed by atoms with Crippen LogP contribution < -0.4 is 5.32 Å². The van der Waals surface area contributed by atoms with E-state index in [4.69, 9.17) is 4.74 Å². The summed E-state index contributed by atoms with van der Waals surface area (Å²) in [5.41, 5.74) is 2.14. The molecule has 2 heterocycles. The van der Waals surface area contributed by atoms with E-state index in [0.29, 0.717) is 29.2 Å². The number of nitrogens with one attached hydrogen (secondary N) is 1. The molecule has 1 fully saturated rings. The Kier molecular flexibility index (Phi) is 8.23. The standard InChI is InChI=1S/C24H33N3O3S/c1-5-30-24(29)22-20(18-9-7-6-8-10-18)16-31-23(22)25-21(28)15-26(4)19-11-13-27(14-12-19)17(2)3/h6-10,16-17,19H,5,11-15H2,1-4H3,(H,25,28). The molecule has 1 aromatic carbocycles. The average Bonchev–Trinajstić information content (AvgIpc) is 3.18. The number of carbonyl (C=O) groups is 2. The van der Waals surface area contributed by atoms with Gasteiger partial charge in [0.2, 0.25) is 5.91 Å². The molecule has 1 aromatic heterocycles. The summed E-state index contributed by atoms with van der Waals surface area (Å²) in [6.07, 6.45) is 2.13. The highest BCUT2D eigenvalue weighted by Crippen LogP contribution is 2.36. The van der Waals surface area contributed by atoms with Gasteiger partial charge in [-0.05, 0) is 59.3 Å². The van der Waals surface area contributed by atoms with Crippen LogP contribution in [-0.2, 0) is 9.53 Å². The Balaban J connectivity index is 1.68. The van der Waals surface area contributed by atoms with Gasteiger partial charge in [0.25, 0.3) is 0 Å². The lowest BCUT2D eigenvalue weighted by Gasteiger charge is -2.38. The van der Waals surface area contributed by atoms with Crippen LogP contribution in [0.1, 0.15) is 44.0 Å². The van der Waals surface area contributed by atoms with Gasteiger partial charge in [0.1, 0.15) is 10.6 Å². The zero-order valence-electron chi connectivity index (χ0n) is 18.9. The molecule has 1 amide bonds. The van der Waals surface area contributed by atoms with E-state index in [1.807, 2.05) is 42.8 Å². The number of hydrogen-bond acceptors (Lipinski definition) is 6. The van der Waals surface area contributed by atoms with Crippen molar-refractivity contribution in [1.29, 1.82) is 0 Å². The molecule has 31 heavy (non-hydrogen) atoms. The van der Waals surface area contributed by atoms with E-state index in [9.17, 15) is 9.59 Å². The van der Waals surface area contributed by atoms with E-state index in [1.54, 1.807) is 6.92 Å². The lowest BCUT2D eigenvalue weighted by molar-refractivity contribution is -0.117. The van der Waals surface area contributed by atoms with Crippen molar-refractivity contribution in [3.63, 3.8) is 0 Å². The Labute approximate surface area is 189 Å². The lowest BCUT2D eigenvalue weighted by Crippen LogP contribution is -2.47. The predicted octanol–water partition coefficient (Wildman–Crippen LogP) is 4.33. The molecule has 0 unspecified atom stereocenters. The zero-order valence-corrected chi connectivity index (χ0v) is 19.7. The van der Waals surface area contributed by atoms with Crippen molar-refractivity contribution in [2.24, 2.45) is 0 Å². The Hall–Kier alpha value is -2.22. The van der Waals surface area contributed by atoms with Crippen molar-refractivity contribution in [1.82, 2.24) is 9.80 Å². The Morgan fingerprint density at radius 1 is 1.23 bits per heavy atom. The van der Waals surface area contributed by atoms with Crippen LogP contribution in [0.15, 0.2) is 35.7 Å². The van der Waals surface area contributed by atoms with Gasteiger partial charge < -0.3 is 15.0 Å². The molecule has 7 heteroatoms. The maximum absolute atomic E-state index is 12.8. The summed E-state index contributed by atoms with van der Waals surface area (Å²) in [7, 11) is 2.01. The second-order valence-corrected chi connectivity index (χ2v) is 9.14. The topological polar surface area (TPSA) is 61.9 Å². The molecular weight excluding hydrogens is 410 g/mol. The molecule has 1 aliphatic heterocycles. The number of piperidine rings is 1. The van der Waals surface area contributed by atoms with E-state index in [2.05, 4.69) is 29.0 Å². The normalized spacial score (nSPS) is 15.4. The molecule has 0 radical (unpaired) electrons. The third-order valence-corrected chi connectivity index (χ3v) is 6.75. The third-order valence-electron chi connectivity index (χ3n) is 5.85.